The normalized spacial score (nSPS) is 10.4. The minimum absolute atomic E-state index is 0.305. The lowest BCUT2D eigenvalue weighted by Crippen LogP contribution is -2.00. The van der Waals surface area contributed by atoms with E-state index in [1.54, 1.807) is 6.07 Å². The van der Waals surface area contributed by atoms with E-state index in [4.69, 9.17) is 19.7 Å². The molecule has 0 saturated carbocycles. The molecular weight excluding hydrogens is 244 g/mol. The predicted octanol–water partition coefficient (Wildman–Crippen LogP) is 2.50. The van der Waals surface area contributed by atoms with Gasteiger partial charge in [-0.1, -0.05) is 24.2 Å². The van der Waals surface area contributed by atoms with Gasteiger partial charge in [0, 0.05) is 12.6 Å². The van der Waals surface area contributed by atoms with Gasteiger partial charge >= 0.3 is 0 Å². The van der Waals surface area contributed by atoms with Crippen LogP contribution in [0.15, 0.2) is 34.9 Å². The Balaban J connectivity index is 1.98. The minimum Gasteiger partial charge on any atom is -0.490 e. The van der Waals surface area contributed by atoms with Crippen molar-refractivity contribution in [3.05, 3.63) is 41.8 Å². The zero-order chi connectivity index (χ0) is 13.5. The van der Waals surface area contributed by atoms with Gasteiger partial charge in [0.2, 0.25) is 0 Å². The first-order valence-electron chi connectivity index (χ1n) is 6.32. The summed E-state index contributed by atoms with van der Waals surface area (Å²) >= 11 is 0. The maximum Gasteiger partial charge on any atom is 0.174 e. The monoisotopic (exact) mass is 262 g/mol. The van der Waals surface area contributed by atoms with E-state index in [9.17, 15) is 0 Å². The van der Waals surface area contributed by atoms with Crippen LogP contribution in [0.3, 0.4) is 0 Å². The molecule has 0 atom stereocenters. The number of nitrogens with two attached hydrogens (primary N) is 1. The number of aromatic nitrogens is 1. The summed E-state index contributed by atoms with van der Waals surface area (Å²) in [6.45, 7) is 3.39. The molecule has 0 radical (unpaired) electrons. The molecule has 2 N–H and O–H groups in total. The average Bonchev–Trinajstić information content (AvgIpc) is 2.91. The first kappa shape index (κ1) is 13.4. The third-order valence-electron chi connectivity index (χ3n) is 2.50. The Bertz CT molecular complexity index is 511. The number of ether oxygens (including phenoxy) is 2. The van der Waals surface area contributed by atoms with Gasteiger partial charge < -0.3 is 19.7 Å². The highest BCUT2D eigenvalue weighted by Gasteiger charge is 2.07. The molecule has 0 bridgehead atoms. The van der Waals surface area contributed by atoms with Gasteiger partial charge in [-0.2, -0.15) is 0 Å². The van der Waals surface area contributed by atoms with Crippen molar-refractivity contribution in [2.24, 2.45) is 5.73 Å². The van der Waals surface area contributed by atoms with Crippen LogP contribution in [0.5, 0.6) is 11.5 Å². The van der Waals surface area contributed by atoms with Crippen LogP contribution in [0.4, 0.5) is 0 Å². The van der Waals surface area contributed by atoms with Gasteiger partial charge in [-0.05, 0) is 18.6 Å². The first-order chi connectivity index (χ1) is 9.33. The lowest BCUT2D eigenvalue weighted by atomic mass is 10.3. The molecule has 0 spiro atoms. The van der Waals surface area contributed by atoms with Crippen molar-refractivity contribution >= 4 is 0 Å². The molecule has 102 valence electrons. The molecule has 5 nitrogen and oxygen atoms in total. The van der Waals surface area contributed by atoms with E-state index >= 15 is 0 Å². The van der Waals surface area contributed by atoms with E-state index in [-0.39, 0.29) is 0 Å². The SMILES string of the molecule is CCCOc1ccccc1OCc1cc(CN)no1. The number of benzene rings is 1. The molecule has 2 aromatic rings. The van der Waals surface area contributed by atoms with Crippen LogP contribution < -0.4 is 15.2 Å². The van der Waals surface area contributed by atoms with Gasteiger partial charge in [0.25, 0.3) is 0 Å². The molecule has 2 rings (SSSR count). The molecule has 19 heavy (non-hydrogen) atoms. The molecule has 0 saturated heterocycles. The van der Waals surface area contributed by atoms with Gasteiger partial charge in [-0.15, -0.1) is 0 Å². The van der Waals surface area contributed by atoms with Gasteiger partial charge in [0.05, 0.1) is 12.3 Å². The van der Waals surface area contributed by atoms with Crippen LogP contribution in [0, 0.1) is 0 Å². The van der Waals surface area contributed by atoms with Gasteiger partial charge in [0.1, 0.15) is 6.61 Å². The van der Waals surface area contributed by atoms with E-state index in [0.717, 1.165) is 12.2 Å². The predicted molar refractivity (Wildman–Crippen MR) is 71.0 cm³/mol. The number of rotatable bonds is 7. The number of para-hydroxylation sites is 2. The van der Waals surface area contributed by atoms with E-state index in [2.05, 4.69) is 12.1 Å². The van der Waals surface area contributed by atoms with Gasteiger partial charge in [0.15, 0.2) is 17.3 Å². The van der Waals surface area contributed by atoms with Crippen LogP contribution >= 0.6 is 0 Å². The molecular formula is C14H18N2O3. The minimum atomic E-state index is 0.305. The van der Waals surface area contributed by atoms with Crippen LogP contribution in [0.25, 0.3) is 0 Å². The molecule has 0 aliphatic rings. The Kier molecular flexibility index (Phi) is 4.80. The fourth-order valence-electron chi connectivity index (χ4n) is 1.57. The largest absolute Gasteiger partial charge is 0.490 e. The fraction of sp³-hybridized carbons (Fsp3) is 0.357. The lowest BCUT2D eigenvalue weighted by Gasteiger charge is -2.10. The van der Waals surface area contributed by atoms with Crippen molar-refractivity contribution in [3.63, 3.8) is 0 Å². The standard InChI is InChI=1S/C14H18N2O3/c1-2-7-17-13-5-3-4-6-14(13)18-10-12-8-11(9-15)16-19-12/h3-6,8H,2,7,9-10,15H2,1H3. The summed E-state index contributed by atoms with van der Waals surface area (Å²) in [5, 5.41) is 3.81. The first-order valence-corrected chi connectivity index (χ1v) is 6.32. The Morgan fingerprint density at radius 1 is 1.21 bits per heavy atom. The molecule has 0 unspecified atom stereocenters. The van der Waals surface area contributed by atoms with Crippen molar-refractivity contribution in [1.29, 1.82) is 0 Å². The smallest absolute Gasteiger partial charge is 0.174 e. The molecule has 5 heteroatoms. The molecule has 0 aliphatic carbocycles. The van der Waals surface area contributed by atoms with Crippen LogP contribution in [-0.4, -0.2) is 11.8 Å². The van der Waals surface area contributed by atoms with Crippen LogP contribution in [-0.2, 0) is 13.2 Å². The molecule has 0 fully saturated rings. The van der Waals surface area contributed by atoms with Crippen molar-refractivity contribution in [2.45, 2.75) is 26.5 Å². The molecule has 1 heterocycles. The maximum atomic E-state index is 5.68. The highest BCUT2D eigenvalue weighted by molar-refractivity contribution is 5.39. The van der Waals surface area contributed by atoms with Crippen LogP contribution in [0.1, 0.15) is 24.8 Å². The second kappa shape index (κ2) is 6.80. The summed E-state index contributed by atoms with van der Waals surface area (Å²) in [4.78, 5) is 0. The summed E-state index contributed by atoms with van der Waals surface area (Å²) in [5.41, 5.74) is 6.18. The summed E-state index contributed by atoms with van der Waals surface area (Å²) in [5.74, 6) is 2.08. The van der Waals surface area contributed by atoms with E-state index in [1.165, 1.54) is 0 Å². The summed E-state index contributed by atoms with van der Waals surface area (Å²) in [7, 11) is 0. The third-order valence-corrected chi connectivity index (χ3v) is 2.50. The van der Waals surface area contributed by atoms with Crippen molar-refractivity contribution in [2.75, 3.05) is 6.61 Å². The molecule has 0 aliphatic heterocycles. The summed E-state index contributed by atoms with van der Waals surface area (Å²) < 4.78 is 16.4. The van der Waals surface area contributed by atoms with Crippen molar-refractivity contribution < 1.29 is 14.0 Å². The van der Waals surface area contributed by atoms with Crippen molar-refractivity contribution in [1.82, 2.24) is 5.16 Å². The Labute approximate surface area is 112 Å². The quantitative estimate of drug-likeness (QED) is 0.830. The number of nitrogens with zero attached hydrogens (tertiary/aromatic N) is 1. The highest BCUT2D eigenvalue weighted by Crippen LogP contribution is 2.27. The zero-order valence-corrected chi connectivity index (χ0v) is 11.0. The van der Waals surface area contributed by atoms with E-state index in [1.807, 2.05) is 24.3 Å². The molecule has 0 amide bonds. The van der Waals surface area contributed by atoms with E-state index in [0.29, 0.717) is 37.0 Å². The third kappa shape index (κ3) is 3.72. The van der Waals surface area contributed by atoms with E-state index < -0.39 is 0 Å². The van der Waals surface area contributed by atoms with Gasteiger partial charge in [-0.3, -0.25) is 0 Å². The second-order valence-corrected chi connectivity index (χ2v) is 4.07. The number of hydrogen-bond acceptors (Lipinski definition) is 5. The summed E-state index contributed by atoms with van der Waals surface area (Å²) in [6, 6.07) is 9.36. The summed E-state index contributed by atoms with van der Waals surface area (Å²) in [6.07, 6.45) is 0.955. The van der Waals surface area contributed by atoms with Gasteiger partial charge in [-0.25, -0.2) is 0 Å². The highest BCUT2D eigenvalue weighted by atomic mass is 16.5. The lowest BCUT2D eigenvalue weighted by molar-refractivity contribution is 0.230. The van der Waals surface area contributed by atoms with Crippen molar-refractivity contribution in [3.8, 4) is 11.5 Å². The zero-order valence-electron chi connectivity index (χ0n) is 11.0. The Morgan fingerprint density at radius 3 is 2.58 bits per heavy atom. The maximum absolute atomic E-state index is 5.68. The molecule has 1 aromatic heterocycles. The topological polar surface area (TPSA) is 70.5 Å². The van der Waals surface area contributed by atoms with Crippen LogP contribution in [0.2, 0.25) is 0 Å². The Hall–Kier alpha value is -2.01. The number of hydrogen-bond donors (Lipinski definition) is 1. The average molecular weight is 262 g/mol. The fourth-order valence-corrected chi connectivity index (χ4v) is 1.57. The second-order valence-electron chi connectivity index (χ2n) is 4.07. The Morgan fingerprint density at radius 2 is 1.95 bits per heavy atom. The molecule has 1 aromatic carbocycles.